The fourth-order valence-electron chi connectivity index (χ4n) is 11.6. The maximum Gasteiger partial charge on any atom is 0.339 e. The molecule has 0 spiro atoms. The molecule has 128 heavy (non-hydrogen) atoms. The van der Waals surface area contributed by atoms with Crippen LogP contribution >= 0.6 is 0 Å². The van der Waals surface area contributed by atoms with Gasteiger partial charge in [0.05, 0.1) is 50.3 Å². The number of hydrogen-bond donors (Lipinski definition) is 1. The summed E-state index contributed by atoms with van der Waals surface area (Å²) in [6, 6.07) is 89.9. The average Bonchev–Trinajstić information content (AvgIpc) is 1.37. The lowest BCUT2D eigenvalue weighted by molar-refractivity contribution is 0.00569. The van der Waals surface area contributed by atoms with E-state index in [-0.39, 0.29) is 41.8 Å². The van der Waals surface area contributed by atoms with Crippen molar-refractivity contribution in [2.24, 2.45) is 10.2 Å². The molecule has 1 aliphatic rings. The van der Waals surface area contributed by atoms with Crippen LogP contribution in [0.3, 0.4) is 0 Å². The SMILES string of the molecule is CC(C)(C)OC(=O)c1ccc(N=Nc2ccccc2)cc1.CC(C)(C)OC(=O)c1ccc(OCc2ccccc2)cc1.CC(C)(C)OC(=O)c1ccc(Oc2ccccc2)cc1.CC(C)(C)OC(=O)c1ccc2c(c1)C=CC2.CC(C)(C)OC(=O)c1ccc2cc[nH]c2c1.CC(C)(C)OC(=O)c1ccc2ccccc2c1.CC(C)(C)OC(=O)c1cccc2ccccc12. The second-order valence-corrected chi connectivity index (χ2v) is 36.7. The van der Waals surface area contributed by atoms with Crippen LogP contribution in [-0.4, -0.2) is 86.0 Å². The first kappa shape index (κ1) is 99.4. The molecule has 0 saturated heterocycles. The predicted octanol–water partition coefficient (Wildman–Crippen LogP) is 27.6. The fraction of sp³-hybridized carbons (Fsp3) is 0.275. The maximum absolute atomic E-state index is 12.1. The lowest BCUT2D eigenvalue weighted by Crippen LogP contribution is -2.24. The van der Waals surface area contributed by atoms with Crippen molar-refractivity contribution in [3.63, 3.8) is 0 Å². The van der Waals surface area contributed by atoms with E-state index in [2.05, 4.69) is 21.3 Å². The van der Waals surface area contributed by atoms with Crippen LogP contribution in [0.4, 0.5) is 11.4 Å². The Labute approximate surface area is 752 Å². The summed E-state index contributed by atoms with van der Waals surface area (Å²) in [6.45, 7) is 39.5. The zero-order valence-electron chi connectivity index (χ0n) is 77.3. The summed E-state index contributed by atoms with van der Waals surface area (Å²) in [5, 5.41) is 13.5. The smallest absolute Gasteiger partial charge is 0.339 e. The lowest BCUT2D eigenvalue weighted by atomic mass is 10.0. The van der Waals surface area contributed by atoms with E-state index in [0.717, 1.165) is 67.2 Å². The number of carbonyl (C=O) groups excluding carboxylic acids is 7. The Morgan fingerprint density at radius 2 is 0.656 bits per heavy atom. The van der Waals surface area contributed by atoms with E-state index in [4.69, 9.17) is 42.6 Å². The van der Waals surface area contributed by atoms with E-state index in [0.29, 0.717) is 57.0 Å². The van der Waals surface area contributed by atoms with E-state index in [1.165, 1.54) is 5.56 Å². The Morgan fingerprint density at radius 1 is 0.297 bits per heavy atom. The number of benzene rings is 12. The lowest BCUT2D eigenvalue weighted by Gasteiger charge is -2.20. The van der Waals surface area contributed by atoms with E-state index < -0.39 is 39.2 Å². The van der Waals surface area contributed by atoms with Gasteiger partial charge in [-0.1, -0.05) is 158 Å². The maximum atomic E-state index is 12.1. The largest absolute Gasteiger partial charge is 0.489 e. The highest BCUT2D eigenvalue weighted by Crippen LogP contribution is 2.29. The van der Waals surface area contributed by atoms with Crippen LogP contribution in [0.5, 0.6) is 17.2 Å². The molecule has 0 atom stereocenters. The zero-order valence-corrected chi connectivity index (χ0v) is 77.3. The van der Waals surface area contributed by atoms with Gasteiger partial charge in [0.15, 0.2) is 0 Å². The number of aromatic nitrogens is 1. The number of carbonyl (C=O) groups is 7. The highest BCUT2D eigenvalue weighted by molar-refractivity contribution is 6.05. The van der Waals surface area contributed by atoms with Gasteiger partial charge in [0.1, 0.15) is 63.1 Å². The number of nitrogens with zero attached hydrogens (tertiary/aromatic N) is 2. The van der Waals surface area contributed by atoms with Crippen LogP contribution in [0, 0.1) is 0 Å². The van der Waals surface area contributed by atoms with Crippen LogP contribution in [0.2, 0.25) is 0 Å². The molecule has 0 unspecified atom stereocenters. The molecule has 0 aliphatic heterocycles. The van der Waals surface area contributed by atoms with Crippen molar-refractivity contribution in [3.8, 4) is 17.2 Å². The van der Waals surface area contributed by atoms with Gasteiger partial charge >= 0.3 is 41.8 Å². The molecule has 1 N–H and O–H groups in total. The summed E-state index contributed by atoms with van der Waals surface area (Å²) in [7, 11) is 0. The van der Waals surface area contributed by atoms with Crippen LogP contribution < -0.4 is 9.47 Å². The van der Waals surface area contributed by atoms with Gasteiger partial charge in [-0.25, -0.2) is 33.6 Å². The molecule has 19 nitrogen and oxygen atoms in total. The standard InChI is InChI=1S/C18H20O3.C17H18N2O2.C17H18O3.2C15H16O2.C14H16O2.C13H15NO2/c1-18(2,3)21-17(19)15-9-11-16(12-10-15)20-13-14-7-5-4-6-8-14;1-17(2,3)21-16(20)13-9-11-15(12-10-13)19-18-14-7-5-4-6-8-14;1-17(2,3)20-16(18)13-9-11-15(12-10-13)19-14-7-5-4-6-8-14;1-15(2,3)17-14(16)13-10-6-8-11-7-4-5-9-12(11)13;1-15(2,3)17-14(16)13-9-8-11-6-4-5-7-12(11)10-13;1-14(2,3)16-13(15)12-8-7-10-5-4-6-11(10)9-12;1-13(2,3)16-12(15)10-5-4-9-6-7-14-11(9)8-10/h4-12H,13H2,1-3H3;4-12H,1-3H3;4-12H,1-3H3;2*4-10H,1-3H3;4,6-9H,5H2,1-3H3;4-8,14H,1-3H3. The summed E-state index contributed by atoms with van der Waals surface area (Å²) in [5.41, 5.74) is 6.60. The Kier molecular flexibility index (Phi) is 35.1. The molecule has 1 aromatic heterocycles. The third-order valence-corrected chi connectivity index (χ3v) is 17.1. The topological polar surface area (TPSA) is 243 Å². The van der Waals surface area contributed by atoms with Crippen LogP contribution in [-0.2, 0) is 46.2 Å². The van der Waals surface area contributed by atoms with E-state index >= 15 is 0 Å². The molecule has 666 valence electrons. The second-order valence-electron chi connectivity index (χ2n) is 36.7. The molecule has 0 fully saturated rings. The molecule has 0 bridgehead atoms. The molecule has 1 heterocycles. The Hall–Kier alpha value is -14.1. The highest BCUT2D eigenvalue weighted by atomic mass is 16.6. The van der Waals surface area contributed by atoms with Gasteiger partial charge < -0.3 is 47.6 Å². The summed E-state index contributed by atoms with van der Waals surface area (Å²) < 4.78 is 48.6. The molecule has 0 saturated carbocycles. The van der Waals surface area contributed by atoms with Crippen molar-refractivity contribution in [1.29, 1.82) is 0 Å². The number of nitrogens with one attached hydrogen (secondary N) is 1. The minimum atomic E-state index is -0.497. The molecule has 19 heteroatoms. The minimum Gasteiger partial charge on any atom is -0.489 e. The molecule has 0 amide bonds. The van der Waals surface area contributed by atoms with Gasteiger partial charge in [0.2, 0.25) is 0 Å². The number of fused-ring (bicyclic) bond motifs is 4. The Balaban J connectivity index is 0.000000185. The molecule has 14 rings (SSSR count). The fourth-order valence-corrected chi connectivity index (χ4v) is 11.6. The zero-order chi connectivity index (χ0) is 93.6. The van der Waals surface area contributed by atoms with Crippen molar-refractivity contribution in [1.82, 2.24) is 4.98 Å². The molecule has 0 radical (unpaired) electrons. The summed E-state index contributed by atoms with van der Waals surface area (Å²) in [6.07, 6.45) is 6.96. The number of hydrogen-bond acceptors (Lipinski definition) is 18. The first-order chi connectivity index (χ1) is 60.2. The number of esters is 7. The first-order valence-electron chi connectivity index (χ1n) is 42.3. The second kappa shape index (κ2) is 45.2. The normalized spacial score (nSPS) is 11.6. The van der Waals surface area contributed by atoms with E-state index in [1.807, 2.05) is 358 Å². The summed E-state index contributed by atoms with van der Waals surface area (Å²) >= 11 is 0. The van der Waals surface area contributed by atoms with Crippen molar-refractivity contribution in [3.05, 3.63) is 359 Å². The number of H-pyrrole nitrogens is 1. The van der Waals surface area contributed by atoms with E-state index in [1.54, 1.807) is 91.0 Å². The van der Waals surface area contributed by atoms with Crippen molar-refractivity contribution in [2.75, 3.05) is 0 Å². The monoisotopic (exact) mass is 1730 g/mol. The van der Waals surface area contributed by atoms with Gasteiger partial charge in [-0.15, -0.1) is 0 Å². The van der Waals surface area contributed by atoms with Crippen molar-refractivity contribution in [2.45, 2.75) is 198 Å². The molecule has 13 aromatic rings. The highest BCUT2D eigenvalue weighted by Gasteiger charge is 2.25. The van der Waals surface area contributed by atoms with Gasteiger partial charge in [0.25, 0.3) is 0 Å². The van der Waals surface area contributed by atoms with Crippen molar-refractivity contribution < 1.29 is 76.2 Å². The number of allylic oxidation sites excluding steroid dienone is 1. The number of rotatable bonds is 14. The summed E-state index contributed by atoms with van der Waals surface area (Å²) in [5.74, 6) is 0.0965. The third-order valence-electron chi connectivity index (χ3n) is 17.1. The quantitative estimate of drug-likeness (QED) is 0.0604. The minimum absolute atomic E-state index is 0.254. The van der Waals surface area contributed by atoms with E-state index in [9.17, 15) is 33.6 Å². The number of para-hydroxylation sites is 1. The van der Waals surface area contributed by atoms with Gasteiger partial charge in [-0.3, -0.25) is 0 Å². The first-order valence-corrected chi connectivity index (χ1v) is 42.3. The average molecular weight is 1730 g/mol. The van der Waals surface area contributed by atoms with Crippen molar-refractivity contribution >= 4 is 91.7 Å². The summed E-state index contributed by atoms with van der Waals surface area (Å²) in [4.78, 5) is 86.2. The number of aromatic amines is 1. The number of azo groups is 1. The van der Waals surface area contributed by atoms with Gasteiger partial charge in [-0.05, 0) is 341 Å². The number of ether oxygens (including phenoxy) is 9. The predicted molar refractivity (Wildman–Crippen MR) is 509 cm³/mol. The van der Waals surface area contributed by atoms with Crippen LogP contribution in [0.25, 0.3) is 38.5 Å². The van der Waals surface area contributed by atoms with Crippen LogP contribution in [0.15, 0.2) is 314 Å². The third kappa shape index (κ3) is 35.9. The van der Waals surface area contributed by atoms with Gasteiger partial charge in [0, 0.05) is 11.7 Å². The molecule has 12 aromatic carbocycles. The molecule has 1 aliphatic carbocycles. The van der Waals surface area contributed by atoms with Crippen LogP contribution in [0.1, 0.15) is 235 Å². The molecular weight excluding hydrogens is 1610 g/mol. The van der Waals surface area contributed by atoms with Gasteiger partial charge in [-0.2, -0.15) is 10.2 Å². The Bertz CT molecular complexity index is 5880. The Morgan fingerprint density at radius 3 is 1.15 bits per heavy atom. The molecular formula is C109H119N3O16.